The average Bonchev–Trinajstić information content (AvgIpc) is 3.23. The van der Waals surface area contributed by atoms with Gasteiger partial charge in [0.25, 0.3) is 12.5 Å². The van der Waals surface area contributed by atoms with E-state index in [2.05, 4.69) is 10.6 Å². The second-order valence-electron chi connectivity index (χ2n) is 9.52. The van der Waals surface area contributed by atoms with Gasteiger partial charge >= 0.3 is 6.09 Å². The lowest BCUT2D eigenvalue weighted by molar-refractivity contribution is -0.710. The fourth-order valence-electron chi connectivity index (χ4n) is 5.07. The van der Waals surface area contributed by atoms with Crippen LogP contribution in [0, 0.1) is 10.7 Å². The molecule has 0 bridgehead atoms. The Morgan fingerprint density at radius 1 is 1.27 bits per heavy atom. The zero-order valence-corrected chi connectivity index (χ0v) is 21.3. The first-order valence-electron chi connectivity index (χ1n) is 12.4. The maximum atomic E-state index is 15.3. The van der Waals surface area contributed by atoms with E-state index in [0.717, 1.165) is 30.6 Å². The molecule has 0 radical (unpaired) electrons. The maximum absolute atomic E-state index is 15.3. The molecule has 1 saturated heterocycles. The van der Waals surface area contributed by atoms with E-state index in [1.165, 1.54) is 17.4 Å². The number of imide groups is 1. The van der Waals surface area contributed by atoms with Crippen LogP contribution in [-0.4, -0.2) is 70.9 Å². The van der Waals surface area contributed by atoms with Crippen LogP contribution < -0.4 is 10.6 Å². The third kappa shape index (κ3) is 5.84. The molecule has 200 valence electrons. The van der Waals surface area contributed by atoms with E-state index in [4.69, 9.17) is 16.3 Å². The molecule has 1 atom stereocenters. The van der Waals surface area contributed by atoms with Gasteiger partial charge in [-0.05, 0) is 25.3 Å². The van der Waals surface area contributed by atoms with Crippen molar-refractivity contribution in [2.45, 2.75) is 70.1 Å². The van der Waals surface area contributed by atoms with Gasteiger partial charge in [0.1, 0.15) is 16.7 Å². The number of hydrogen-bond acceptors (Lipinski definition) is 6. The van der Waals surface area contributed by atoms with Crippen LogP contribution in [0.25, 0.3) is 0 Å². The van der Waals surface area contributed by atoms with Gasteiger partial charge in [0.2, 0.25) is 11.8 Å². The highest BCUT2D eigenvalue weighted by Gasteiger charge is 2.42. The largest absolute Gasteiger partial charge is 0.442 e. The number of ether oxygens (including phenoxy) is 1. The molecule has 11 nitrogen and oxygen atoms in total. The summed E-state index contributed by atoms with van der Waals surface area (Å²) in [7, 11) is 1.73. The summed E-state index contributed by atoms with van der Waals surface area (Å²) in [5.74, 6) is -2.58. The normalized spacial score (nSPS) is 19.9. The van der Waals surface area contributed by atoms with Crippen LogP contribution in [0.15, 0.2) is 6.07 Å². The van der Waals surface area contributed by atoms with E-state index < -0.39 is 35.7 Å². The average molecular weight is 539 g/mol. The fourth-order valence-corrected chi connectivity index (χ4v) is 5.35. The number of alkyl carbamates (subject to hydrolysis) is 1. The number of amides is 4. The number of hydrazine groups is 1. The second-order valence-corrected chi connectivity index (χ2v) is 9.92. The monoisotopic (exact) mass is 538 g/mol. The van der Waals surface area contributed by atoms with Crippen LogP contribution in [-0.2, 0) is 27.4 Å². The Bertz CT molecular complexity index is 1130. The van der Waals surface area contributed by atoms with Crippen molar-refractivity contribution in [2.24, 2.45) is 0 Å². The van der Waals surface area contributed by atoms with E-state index in [1.54, 1.807) is 12.1 Å². The van der Waals surface area contributed by atoms with Crippen molar-refractivity contribution in [2.75, 3.05) is 20.2 Å². The van der Waals surface area contributed by atoms with E-state index in [9.17, 15) is 24.1 Å². The zero-order valence-electron chi connectivity index (χ0n) is 20.6. The molecule has 13 heteroatoms. The van der Waals surface area contributed by atoms with Crippen molar-refractivity contribution in [1.29, 1.82) is 0 Å². The molecule has 0 aromatic heterocycles. The molecule has 1 aromatic carbocycles. The number of halogens is 2. The van der Waals surface area contributed by atoms with Crippen molar-refractivity contribution in [3.63, 3.8) is 0 Å². The summed E-state index contributed by atoms with van der Waals surface area (Å²) < 4.78 is 20.3. The van der Waals surface area contributed by atoms with E-state index in [-0.39, 0.29) is 66.8 Å². The SMILES string of the molecule is CN(C1CCCCC1)[N+](=O)CCOC(=O)NCc1cc(Cl)c2c(c1F)C(=O)N(C1CCC(=O)NC1=O)C2. The lowest BCUT2D eigenvalue weighted by Gasteiger charge is -2.29. The molecule has 1 saturated carbocycles. The van der Waals surface area contributed by atoms with Crippen molar-refractivity contribution in [3.8, 4) is 0 Å². The lowest BCUT2D eigenvalue weighted by Crippen LogP contribution is -2.52. The highest BCUT2D eigenvalue weighted by atomic mass is 35.5. The summed E-state index contributed by atoms with van der Waals surface area (Å²) in [5.41, 5.74) is -0.0328. The summed E-state index contributed by atoms with van der Waals surface area (Å²) in [6, 6.07) is 0.596. The summed E-state index contributed by atoms with van der Waals surface area (Å²) in [4.78, 5) is 63.0. The first kappa shape index (κ1) is 26.8. The number of benzene rings is 1. The number of hydrogen-bond donors (Lipinski definition) is 2. The number of nitrogens with zero attached hydrogens (tertiary/aromatic N) is 3. The van der Waals surface area contributed by atoms with Gasteiger partial charge in [-0.25, -0.2) is 9.18 Å². The van der Waals surface area contributed by atoms with Crippen molar-refractivity contribution in [3.05, 3.63) is 38.5 Å². The Morgan fingerprint density at radius 2 is 2.00 bits per heavy atom. The lowest BCUT2D eigenvalue weighted by atomic mass is 9.95. The first-order valence-corrected chi connectivity index (χ1v) is 12.8. The Labute approximate surface area is 218 Å². The molecule has 3 aliphatic rings. The molecule has 0 spiro atoms. The number of fused-ring (bicyclic) bond motifs is 1. The predicted molar refractivity (Wildman–Crippen MR) is 129 cm³/mol. The highest BCUT2D eigenvalue weighted by Crippen LogP contribution is 2.35. The van der Waals surface area contributed by atoms with Crippen LogP contribution in [0.5, 0.6) is 0 Å². The van der Waals surface area contributed by atoms with Crippen LogP contribution in [0.2, 0.25) is 5.02 Å². The Kier molecular flexibility index (Phi) is 8.25. The van der Waals surface area contributed by atoms with Crippen LogP contribution in [0.4, 0.5) is 9.18 Å². The fraction of sp³-hybridized carbons (Fsp3) is 0.583. The number of piperidine rings is 1. The standard InChI is InChI=1S/C24H29ClFN5O6/c1-29(15-5-3-2-4-6-15)31(36)9-10-37-24(35)27-12-14-11-17(25)16-13-30(23(34)20(16)21(14)26)18-7-8-19(32)28-22(18)33/h11,15,18H,2-10,12-13H2,1H3,(H-,27,28,32,33,35)/p+1. The molecule has 2 fully saturated rings. The van der Waals surface area contributed by atoms with Gasteiger partial charge in [-0.3, -0.25) is 19.7 Å². The number of rotatable bonds is 8. The van der Waals surface area contributed by atoms with Crippen molar-refractivity contribution < 1.29 is 33.2 Å². The summed E-state index contributed by atoms with van der Waals surface area (Å²) in [5, 5.41) is 6.35. The molecule has 4 amide bonds. The third-order valence-electron chi connectivity index (χ3n) is 7.18. The van der Waals surface area contributed by atoms with E-state index >= 15 is 4.39 Å². The minimum Gasteiger partial charge on any atom is -0.442 e. The predicted octanol–water partition coefficient (Wildman–Crippen LogP) is 2.42. The summed E-state index contributed by atoms with van der Waals surface area (Å²) in [6.07, 6.45) is 4.64. The Morgan fingerprint density at radius 3 is 2.70 bits per heavy atom. The van der Waals surface area contributed by atoms with Gasteiger partial charge in [0.15, 0.2) is 6.61 Å². The zero-order chi connectivity index (χ0) is 26.7. The van der Waals surface area contributed by atoms with Gasteiger partial charge < -0.3 is 15.0 Å². The molecule has 4 rings (SSSR count). The molecule has 2 aliphatic heterocycles. The summed E-state index contributed by atoms with van der Waals surface area (Å²) in [6.45, 7) is -0.553. The number of nitroso groups, excluding NO2 is 1. The van der Waals surface area contributed by atoms with E-state index in [1.807, 2.05) is 0 Å². The second kappa shape index (κ2) is 11.4. The highest BCUT2D eigenvalue weighted by molar-refractivity contribution is 6.32. The molecule has 1 aromatic rings. The third-order valence-corrected chi connectivity index (χ3v) is 7.51. The first-order chi connectivity index (χ1) is 17.7. The van der Waals surface area contributed by atoms with Gasteiger partial charge in [-0.1, -0.05) is 30.9 Å². The smallest absolute Gasteiger partial charge is 0.407 e. The minimum absolute atomic E-state index is 0.0262. The minimum atomic E-state index is -0.901. The molecular weight excluding hydrogens is 509 g/mol. The van der Waals surface area contributed by atoms with Crippen LogP contribution in [0.1, 0.15) is 66.4 Å². The van der Waals surface area contributed by atoms with Crippen LogP contribution in [0.3, 0.4) is 0 Å². The Hall–Kier alpha value is -3.28. The quantitative estimate of drug-likeness (QED) is 0.295. The van der Waals surface area contributed by atoms with Gasteiger partial charge in [0, 0.05) is 35.7 Å². The molecule has 37 heavy (non-hydrogen) atoms. The van der Waals surface area contributed by atoms with Gasteiger partial charge in [-0.2, -0.15) is 0 Å². The number of carbonyl (C=O) groups excluding carboxylic acids is 4. The molecule has 2 heterocycles. The Balaban J connectivity index is 1.31. The summed E-state index contributed by atoms with van der Waals surface area (Å²) >= 11 is 6.31. The maximum Gasteiger partial charge on any atom is 0.407 e. The van der Waals surface area contributed by atoms with Crippen molar-refractivity contribution in [1.82, 2.24) is 20.5 Å². The van der Waals surface area contributed by atoms with Crippen LogP contribution >= 0.6 is 11.6 Å². The van der Waals surface area contributed by atoms with E-state index in [0.29, 0.717) is 0 Å². The molecule has 2 N–H and O–H groups in total. The molecule has 1 unspecified atom stereocenters. The topological polar surface area (TPSA) is 128 Å². The number of nitrogens with one attached hydrogen (secondary N) is 2. The van der Waals surface area contributed by atoms with Gasteiger partial charge in [-0.15, -0.1) is 5.01 Å². The van der Waals surface area contributed by atoms with Gasteiger partial charge in [0.05, 0.1) is 23.6 Å². The number of carbonyl (C=O) groups is 4. The molecule has 1 aliphatic carbocycles. The van der Waals surface area contributed by atoms with Crippen molar-refractivity contribution >= 4 is 35.4 Å². The molecular formula is C24H30ClFN5O6+.